The summed E-state index contributed by atoms with van der Waals surface area (Å²) in [5.41, 5.74) is 10.7. The molecule has 1 aromatic carbocycles. The van der Waals surface area contributed by atoms with Gasteiger partial charge >= 0.3 is 5.97 Å². The third kappa shape index (κ3) is 3.75. The lowest BCUT2D eigenvalue weighted by atomic mass is 9.96. The Morgan fingerprint density at radius 3 is 2.38 bits per heavy atom. The minimum Gasteiger partial charge on any atom is -0.481 e. The summed E-state index contributed by atoms with van der Waals surface area (Å²) in [6, 6.07) is 13.8. The Morgan fingerprint density at radius 2 is 1.76 bits per heavy atom. The number of anilines is 2. The van der Waals surface area contributed by atoms with E-state index in [9.17, 15) is 14.7 Å². The molecule has 0 amide bonds. The molecule has 3 N–H and O–H groups in total. The Kier molecular flexibility index (Phi) is 5.45. The molecule has 0 radical (unpaired) electrons. The van der Waals surface area contributed by atoms with E-state index >= 15 is 0 Å². The summed E-state index contributed by atoms with van der Waals surface area (Å²) in [7, 11) is 0. The van der Waals surface area contributed by atoms with Crippen molar-refractivity contribution in [2.24, 2.45) is 5.92 Å². The van der Waals surface area contributed by atoms with Crippen LogP contribution in [0.1, 0.15) is 30.1 Å². The van der Waals surface area contributed by atoms with Crippen molar-refractivity contribution in [2.45, 2.75) is 19.8 Å². The number of nitrogen functional groups attached to an aromatic ring is 1. The van der Waals surface area contributed by atoms with Gasteiger partial charge in [-0.15, -0.1) is 0 Å². The molecule has 0 spiro atoms. The lowest BCUT2D eigenvalue weighted by Crippen LogP contribution is -2.38. The number of carboxylic acids is 1. The fraction of sp³-hybridized carbons (Fsp3) is 0.240. The topological polar surface area (TPSA) is 127 Å². The van der Waals surface area contributed by atoms with Crippen LogP contribution in [-0.4, -0.2) is 49.5 Å². The molecule has 4 aromatic rings. The molecule has 0 atom stereocenters. The maximum atomic E-state index is 12.5. The van der Waals surface area contributed by atoms with Gasteiger partial charge in [-0.2, -0.15) is 9.61 Å². The van der Waals surface area contributed by atoms with Crippen LogP contribution >= 0.6 is 0 Å². The smallest absolute Gasteiger partial charge is 0.306 e. The fourth-order valence-electron chi connectivity index (χ4n) is 4.44. The molecule has 34 heavy (non-hydrogen) atoms. The summed E-state index contributed by atoms with van der Waals surface area (Å²) >= 11 is 0. The fourth-order valence-corrected chi connectivity index (χ4v) is 4.44. The number of carboxylic acid groups (broad SMARTS) is 1. The number of piperidine rings is 1. The molecule has 1 aliphatic rings. The van der Waals surface area contributed by atoms with Gasteiger partial charge in [-0.1, -0.05) is 36.4 Å². The third-order valence-corrected chi connectivity index (χ3v) is 6.30. The second-order valence-electron chi connectivity index (χ2n) is 8.44. The van der Waals surface area contributed by atoms with Crippen LogP contribution in [0.15, 0.2) is 54.9 Å². The molecule has 1 saturated heterocycles. The summed E-state index contributed by atoms with van der Waals surface area (Å²) in [6.07, 6.45) is 4.41. The molecular formula is C25H24N6O3. The summed E-state index contributed by atoms with van der Waals surface area (Å²) in [5, 5.41) is 13.7. The first-order chi connectivity index (χ1) is 16.4. The van der Waals surface area contributed by atoms with E-state index in [0.717, 1.165) is 22.4 Å². The molecule has 3 aromatic heterocycles. The Bertz CT molecular complexity index is 1370. The van der Waals surface area contributed by atoms with Crippen molar-refractivity contribution < 1.29 is 14.7 Å². The predicted molar refractivity (Wildman–Crippen MR) is 129 cm³/mol. The van der Waals surface area contributed by atoms with Crippen LogP contribution in [0.4, 0.5) is 11.6 Å². The van der Waals surface area contributed by atoms with Gasteiger partial charge in [0.05, 0.1) is 17.8 Å². The van der Waals surface area contributed by atoms with E-state index in [2.05, 4.69) is 10.1 Å². The van der Waals surface area contributed by atoms with Crippen molar-refractivity contribution in [1.82, 2.24) is 19.6 Å². The number of carbonyl (C=O) groups excluding carboxylic acids is 1. The van der Waals surface area contributed by atoms with Crippen molar-refractivity contribution in [1.29, 1.82) is 0 Å². The molecule has 172 valence electrons. The van der Waals surface area contributed by atoms with E-state index in [1.165, 1.54) is 11.4 Å². The molecular weight excluding hydrogens is 432 g/mol. The van der Waals surface area contributed by atoms with Crippen LogP contribution in [0.2, 0.25) is 0 Å². The number of nitrogens with zero attached hydrogens (tertiary/aromatic N) is 5. The first-order valence-corrected chi connectivity index (χ1v) is 11.1. The van der Waals surface area contributed by atoms with E-state index in [1.54, 1.807) is 12.4 Å². The number of fused-ring (bicyclic) bond motifs is 1. The number of hydrogen-bond donors (Lipinski definition) is 2. The lowest BCUT2D eigenvalue weighted by molar-refractivity contribution is -0.142. The molecule has 9 nitrogen and oxygen atoms in total. The zero-order valence-electron chi connectivity index (χ0n) is 18.7. The standard InChI is InChI=1S/C25H24N6O3/c1-15(32)21-22(26)31-23(29-24(21)30-11-9-17(10-12-30)25(33)34)19(14-28-31)18-7-8-20(27-13-18)16-5-3-2-4-6-16/h2-8,13-14,17H,9-12,26H2,1H3,(H,33,34). The highest BCUT2D eigenvalue weighted by molar-refractivity contribution is 6.04. The van der Waals surface area contributed by atoms with Crippen molar-refractivity contribution in [2.75, 3.05) is 23.7 Å². The highest BCUT2D eigenvalue weighted by Crippen LogP contribution is 2.33. The van der Waals surface area contributed by atoms with Gasteiger partial charge in [-0.25, -0.2) is 4.98 Å². The van der Waals surface area contributed by atoms with E-state index in [-0.39, 0.29) is 11.6 Å². The molecule has 0 saturated carbocycles. The van der Waals surface area contributed by atoms with E-state index in [4.69, 9.17) is 10.7 Å². The van der Waals surface area contributed by atoms with Crippen LogP contribution in [0.3, 0.4) is 0 Å². The summed E-state index contributed by atoms with van der Waals surface area (Å²) < 4.78 is 1.48. The number of rotatable bonds is 5. The van der Waals surface area contributed by atoms with Gasteiger partial charge in [0.2, 0.25) is 0 Å². The highest BCUT2D eigenvalue weighted by Gasteiger charge is 2.29. The second kappa shape index (κ2) is 8.58. The molecule has 9 heteroatoms. The third-order valence-electron chi connectivity index (χ3n) is 6.30. The second-order valence-corrected chi connectivity index (χ2v) is 8.44. The Morgan fingerprint density at radius 1 is 1.03 bits per heavy atom. The van der Waals surface area contributed by atoms with Crippen LogP contribution in [0.25, 0.3) is 28.0 Å². The highest BCUT2D eigenvalue weighted by atomic mass is 16.4. The largest absolute Gasteiger partial charge is 0.481 e. The van der Waals surface area contributed by atoms with Gasteiger partial charge in [0, 0.05) is 36.0 Å². The number of hydrogen-bond acceptors (Lipinski definition) is 7. The maximum absolute atomic E-state index is 12.5. The van der Waals surface area contributed by atoms with Crippen LogP contribution in [0, 0.1) is 5.92 Å². The number of carbonyl (C=O) groups is 2. The Balaban J connectivity index is 1.56. The van der Waals surface area contributed by atoms with Crippen molar-refractivity contribution in [3.8, 4) is 22.4 Å². The Labute approximate surface area is 195 Å². The van der Waals surface area contributed by atoms with Crippen LogP contribution in [-0.2, 0) is 4.79 Å². The SMILES string of the molecule is CC(=O)c1c(N2CCC(C(=O)O)CC2)nc2c(-c3ccc(-c4ccccc4)nc3)cnn2c1N. The zero-order valence-corrected chi connectivity index (χ0v) is 18.7. The minimum absolute atomic E-state index is 0.215. The van der Waals surface area contributed by atoms with E-state index < -0.39 is 11.9 Å². The number of ketones is 1. The average Bonchev–Trinajstić information content (AvgIpc) is 3.29. The van der Waals surface area contributed by atoms with Gasteiger partial charge in [-0.3, -0.25) is 14.6 Å². The summed E-state index contributed by atoms with van der Waals surface area (Å²) in [5.74, 6) is -0.713. The van der Waals surface area contributed by atoms with Crippen LogP contribution < -0.4 is 10.6 Å². The van der Waals surface area contributed by atoms with E-state index in [1.807, 2.05) is 47.4 Å². The summed E-state index contributed by atoms with van der Waals surface area (Å²) in [6.45, 7) is 2.41. The molecule has 5 rings (SSSR count). The zero-order chi connectivity index (χ0) is 23.8. The van der Waals surface area contributed by atoms with Crippen molar-refractivity contribution in [3.63, 3.8) is 0 Å². The maximum Gasteiger partial charge on any atom is 0.306 e. The van der Waals surface area contributed by atoms with Gasteiger partial charge < -0.3 is 15.7 Å². The first kappa shape index (κ1) is 21.6. The normalized spacial score (nSPS) is 14.4. The number of nitrogens with two attached hydrogens (primary N) is 1. The number of aliphatic carboxylic acids is 1. The van der Waals surface area contributed by atoms with E-state index in [0.29, 0.717) is 43.0 Å². The first-order valence-electron chi connectivity index (χ1n) is 11.1. The molecule has 0 bridgehead atoms. The number of benzene rings is 1. The Hall–Kier alpha value is -4.27. The average molecular weight is 457 g/mol. The predicted octanol–water partition coefficient (Wildman–Crippen LogP) is 3.54. The molecule has 0 unspecified atom stereocenters. The van der Waals surface area contributed by atoms with Gasteiger partial charge in [0.15, 0.2) is 11.4 Å². The number of Topliss-reactive ketones (excluding diaryl/α,β-unsaturated/α-hetero) is 1. The van der Waals surface area contributed by atoms with Gasteiger partial charge in [0.25, 0.3) is 0 Å². The van der Waals surface area contributed by atoms with Crippen LogP contribution in [0.5, 0.6) is 0 Å². The van der Waals surface area contributed by atoms with Gasteiger partial charge in [-0.05, 0) is 25.8 Å². The van der Waals surface area contributed by atoms with Crippen molar-refractivity contribution in [3.05, 3.63) is 60.4 Å². The summed E-state index contributed by atoms with van der Waals surface area (Å²) in [4.78, 5) is 35.2. The quantitative estimate of drug-likeness (QED) is 0.437. The molecule has 1 fully saturated rings. The molecule has 1 aliphatic heterocycles. The molecule has 4 heterocycles. The minimum atomic E-state index is -0.793. The molecule has 0 aliphatic carbocycles. The number of aromatic nitrogens is 4. The monoisotopic (exact) mass is 456 g/mol. The number of pyridine rings is 1. The van der Waals surface area contributed by atoms with Crippen molar-refractivity contribution >= 4 is 29.0 Å². The van der Waals surface area contributed by atoms with Gasteiger partial charge in [0.1, 0.15) is 17.2 Å². The lowest BCUT2D eigenvalue weighted by Gasteiger charge is -2.32.